The summed E-state index contributed by atoms with van der Waals surface area (Å²) in [5.74, 6) is -0.0780. The first kappa shape index (κ1) is 87.2. The Morgan fingerprint density at radius 3 is 1.50 bits per heavy atom. The lowest BCUT2D eigenvalue weighted by atomic mass is 9.79. The second kappa shape index (κ2) is 40.3. The fourth-order valence-electron chi connectivity index (χ4n) is 10.6. The van der Waals surface area contributed by atoms with E-state index >= 15 is 0 Å². The molecule has 4 aliphatic rings. The summed E-state index contributed by atoms with van der Waals surface area (Å²) in [5.41, 5.74) is 2.81. The number of hydrogen-bond acceptors (Lipinski definition) is 11. The highest BCUT2D eigenvalue weighted by molar-refractivity contribution is 8.00. The van der Waals surface area contributed by atoms with Crippen LogP contribution in [0.5, 0.6) is 0 Å². The Labute approximate surface area is 566 Å². The van der Waals surface area contributed by atoms with Crippen LogP contribution in [0.3, 0.4) is 0 Å². The van der Waals surface area contributed by atoms with E-state index in [1.54, 1.807) is 47.3 Å². The van der Waals surface area contributed by atoms with E-state index in [0.29, 0.717) is 63.4 Å². The number of carbonyl (C=O) groups excluding carboxylic acids is 6. The molecule has 4 fully saturated rings. The number of likely N-dealkylation sites (N-methyl/N-ethyl adjacent to an activating group) is 1. The number of carbonyl (C=O) groups is 6. The predicted octanol–water partition coefficient (Wildman–Crippen LogP) is 8.25. The first-order chi connectivity index (χ1) is 34.4. The van der Waals surface area contributed by atoms with Gasteiger partial charge < -0.3 is 40.5 Å². The Bertz CT molecular complexity index is 2230. The summed E-state index contributed by atoms with van der Waals surface area (Å²) in [6.45, 7) is 14.9. The zero-order valence-corrected chi connectivity index (χ0v) is 60.0. The average Bonchev–Trinajstić information content (AvgIpc) is 3.69. The summed E-state index contributed by atoms with van der Waals surface area (Å²) in [6, 6.07) is 23.9. The monoisotopic (exact) mass is 1360 g/mol. The Hall–Kier alpha value is -1.24. The van der Waals surface area contributed by atoms with Crippen molar-refractivity contribution in [3.8, 4) is 0 Å². The molecule has 26 heteroatoms. The third-order valence-electron chi connectivity index (χ3n) is 15.1. The van der Waals surface area contributed by atoms with Gasteiger partial charge in [0.1, 0.15) is 18.1 Å². The van der Waals surface area contributed by atoms with Gasteiger partial charge in [0, 0.05) is 18.3 Å². The lowest BCUT2D eigenvalue weighted by molar-refractivity contribution is -0.144. The first-order valence-electron chi connectivity index (χ1n) is 25.7. The van der Waals surface area contributed by atoms with Crippen LogP contribution in [0.2, 0.25) is 0 Å². The van der Waals surface area contributed by atoms with E-state index in [9.17, 15) is 28.8 Å². The molecule has 3 aromatic rings. The molecule has 5 amide bonds. The molecule has 0 aliphatic carbocycles. The quantitative estimate of drug-likeness (QED) is 0.0809. The maximum Gasteiger partial charge on any atom is 0.246 e. The average molecular weight is 1370 g/mol. The lowest BCUT2D eigenvalue weighted by Crippen LogP contribution is -2.57. The number of amides is 5. The Morgan fingerprint density at radius 2 is 1.04 bits per heavy atom. The zero-order valence-electron chi connectivity index (χ0n) is 48.3. The lowest BCUT2D eigenvalue weighted by Gasteiger charge is -2.35. The Kier molecular flexibility index (Phi) is 42.9. The van der Waals surface area contributed by atoms with E-state index in [1.807, 2.05) is 113 Å². The summed E-state index contributed by atoms with van der Waals surface area (Å²) < 4.78 is 12.7. The summed E-state index contributed by atoms with van der Waals surface area (Å²) >= 11 is 3.37. The van der Waals surface area contributed by atoms with E-state index in [4.69, 9.17) is 9.47 Å². The standard InChI is InChI=1S/C56H76N6O8S2.10H2S/c1-9-35(2)50(64)58-42-24-26-72-47-30-56(6,7)49(62(47)54(42)68)52(66)60-44(40-18-14-11-15-19-40)34-70-32-38-22-20-37(21-23-38)31-69-33-41(39-16-12-10-13-17-39)28-45(63)48-55(4,5)29-46-61(48)53(67)43(25-27-71-46)59-51(65)36(3)57-8;;;;;;;;;;/h10-23,35-36,41-44,46-49,57H,9,24-34H2,1-8H3,(H,58,64)(H,59,65)(H,60,66);10*1H2/t35-,36+,41-,42+,43+,44-,46+,47+,48-,49-;;;;;;;;;;/m1........../s1. The van der Waals surface area contributed by atoms with Gasteiger partial charge in [-0.3, -0.25) is 28.8 Å². The second-order valence-electron chi connectivity index (χ2n) is 21.4. The van der Waals surface area contributed by atoms with Gasteiger partial charge in [-0.05, 0) is 90.7 Å². The molecular weight excluding hydrogens is 1270 g/mol. The van der Waals surface area contributed by atoms with Crippen molar-refractivity contribution < 1.29 is 38.2 Å². The minimum Gasteiger partial charge on any atom is -0.376 e. The van der Waals surface area contributed by atoms with E-state index in [1.165, 1.54) is 0 Å². The van der Waals surface area contributed by atoms with Crippen LogP contribution in [-0.2, 0) is 51.5 Å². The molecule has 7 rings (SSSR count). The number of fused-ring (bicyclic) bond motifs is 2. The van der Waals surface area contributed by atoms with Gasteiger partial charge in [-0.15, -0.1) is 23.5 Å². The smallest absolute Gasteiger partial charge is 0.246 e. The molecule has 0 radical (unpaired) electrons. The van der Waals surface area contributed by atoms with E-state index in [-0.39, 0.29) is 206 Å². The van der Waals surface area contributed by atoms with E-state index in [2.05, 4.69) is 35.1 Å². The van der Waals surface area contributed by atoms with Crippen LogP contribution in [0.25, 0.3) is 0 Å². The maximum absolute atomic E-state index is 14.6. The summed E-state index contributed by atoms with van der Waals surface area (Å²) in [5, 5.41) is 11.8. The molecule has 14 nitrogen and oxygen atoms in total. The molecule has 0 unspecified atom stereocenters. The van der Waals surface area contributed by atoms with Gasteiger partial charge in [-0.25, -0.2) is 0 Å². The van der Waals surface area contributed by atoms with Crippen molar-refractivity contribution in [2.24, 2.45) is 16.7 Å². The first-order valence-corrected chi connectivity index (χ1v) is 27.8. The molecular formula is C56H96N6O8S12. The molecule has 82 heavy (non-hydrogen) atoms. The molecule has 10 atom stereocenters. The predicted molar refractivity (Wildman–Crippen MR) is 387 cm³/mol. The van der Waals surface area contributed by atoms with Crippen LogP contribution in [0.4, 0.5) is 0 Å². The highest BCUT2D eigenvalue weighted by Gasteiger charge is 2.56. The van der Waals surface area contributed by atoms with Gasteiger partial charge in [-0.2, -0.15) is 135 Å². The molecule has 4 aliphatic heterocycles. The highest BCUT2D eigenvalue weighted by atomic mass is 32.2. The minimum absolute atomic E-state index is 0. The van der Waals surface area contributed by atoms with Crippen LogP contribution in [0, 0.1) is 16.7 Å². The zero-order chi connectivity index (χ0) is 51.7. The number of benzene rings is 3. The van der Waals surface area contributed by atoms with Crippen molar-refractivity contribution in [2.75, 3.05) is 31.8 Å². The van der Waals surface area contributed by atoms with Gasteiger partial charge >= 0.3 is 0 Å². The van der Waals surface area contributed by atoms with Crippen LogP contribution in [0.15, 0.2) is 84.9 Å². The minimum atomic E-state index is -0.730. The van der Waals surface area contributed by atoms with Crippen molar-refractivity contribution >= 4 is 194 Å². The van der Waals surface area contributed by atoms with Gasteiger partial charge in [0.05, 0.1) is 55.3 Å². The molecule has 0 aromatic heterocycles. The third kappa shape index (κ3) is 22.1. The molecule has 0 saturated carbocycles. The number of nitrogens with zero attached hydrogens (tertiary/aromatic N) is 2. The van der Waals surface area contributed by atoms with Gasteiger partial charge in [-0.1, -0.05) is 126 Å². The third-order valence-corrected chi connectivity index (χ3v) is 17.6. The Morgan fingerprint density at radius 1 is 0.610 bits per heavy atom. The summed E-state index contributed by atoms with van der Waals surface area (Å²) in [4.78, 5) is 86.8. The number of Topliss-reactive ketones (excluding diaryl/α,β-unsaturated/α-hetero) is 1. The van der Waals surface area contributed by atoms with Crippen LogP contribution in [-0.4, -0.2) is 118 Å². The van der Waals surface area contributed by atoms with Gasteiger partial charge in [0.2, 0.25) is 29.5 Å². The fraction of sp³-hybridized carbons (Fsp3) is 0.571. The van der Waals surface area contributed by atoms with Crippen LogP contribution < -0.4 is 21.3 Å². The van der Waals surface area contributed by atoms with Gasteiger partial charge in [0.25, 0.3) is 0 Å². The maximum atomic E-state index is 14.6. The molecule has 0 spiro atoms. The number of nitrogens with one attached hydrogen (secondary N) is 4. The van der Waals surface area contributed by atoms with Crippen LogP contribution >= 0.6 is 158 Å². The van der Waals surface area contributed by atoms with Crippen molar-refractivity contribution in [3.63, 3.8) is 0 Å². The Balaban J connectivity index is -0.00000304. The number of thioether (sulfide) groups is 2. The molecule has 4 saturated heterocycles. The number of ketones is 1. The van der Waals surface area contributed by atoms with Crippen molar-refractivity contribution in [2.45, 2.75) is 153 Å². The molecule has 0 bridgehead atoms. The van der Waals surface area contributed by atoms with Crippen molar-refractivity contribution in [1.82, 2.24) is 31.1 Å². The fourth-order valence-corrected chi connectivity index (χ4v) is 13.8. The number of rotatable bonds is 21. The molecule has 4 heterocycles. The van der Waals surface area contributed by atoms with Crippen LogP contribution in [0.1, 0.15) is 121 Å². The largest absolute Gasteiger partial charge is 0.376 e. The summed E-state index contributed by atoms with van der Waals surface area (Å²) in [7, 11) is 1.71. The highest BCUT2D eigenvalue weighted by Crippen LogP contribution is 2.48. The topological polar surface area (TPSA) is 175 Å². The normalized spacial score (nSPS) is 22.1. The summed E-state index contributed by atoms with van der Waals surface area (Å²) in [6.07, 6.45) is 3.25. The van der Waals surface area contributed by atoms with Gasteiger partial charge in [0.15, 0.2) is 5.78 Å². The molecule has 470 valence electrons. The van der Waals surface area contributed by atoms with E-state index in [0.717, 1.165) is 22.3 Å². The molecule has 4 N–H and O–H groups in total. The van der Waals surface area contributed by atoms with Crippen molar-refractivity contribution in [3.05, 3.63) is 107 Å². The van der Waals surface area contributed by atoms with E-state index < -0.39 is 47.1 Å². The van der Waals surface area contributed by atoms with Crippen molar-refractivity contribution in [1.29, 1.82) is 0 Å². The second-order valence-corrected chi connectivity index (χ2v) is 24.0. The SMILES string of the molecule is CC[C@@H](C)C(=O)N[C@H]1CCS[C@H]2CC(C)(C)[C@@H](C(=O)N[C@H](COCc3ccc(COC[C@@H](CC(=O)[C@H]4N5C(=O)[C@@H](NC(=O)[C@H](C)NC)CCS[C@H]5CC4(C)C)c4ccccc4)cc3)c3ccccc3)N2C1=O.S.S.S.S.S.S.S.S.S.S. The molecule has 3 aromatic carbocycles. The number of ether oxygens (including phenoxy) is 2. The number of hydrogen-bond donors (Lipinski definition) is 4.